The standard InChI is InChI=1S/C11H19N3/c1-3-4-5-6-14(2)11-7-10(12)8-13-9-11/h7-9H,3-6,12H2,1-2H3. The van der Waals surface area contributed by atoms with Gasteiger partial charge in [0.2, 0.25) is 0 Å². The summed E-state index contributed by atoms with van der Waals surface area (Å²) in [6, 6.07) is 1.96. The van der Waals surface area contributed by atoms with E-state index < -0.39 is 0 Å². The van der Waals surface area contributed by atoms with Crippen molar-refractivity contribution in [2.75, 3.05) is 24.2 Å². The van der Waals surface area contributed by atoms with Crippen molar-refractivity contribution in [1.82, 2.24) is 4.98 Å². The lowest BCUT2D eigenvalue weighted by atomic mass is 10.2. The lowest BCUT2D eigenvalue weighted by molar-refractivity contribution is 0.705. The molecule has 0 unspecified atom stereocenters. The Hall–Kier alpha value is -1.25. The first-order valence-electron chi connectivity index (χ1n) is 5.15. The molecule has 0 aliphatic heterocycles. The first-order valence-corrected chi connectivity index (χ1v) is 5.15. The van der Waals surface area contributed by atoms with Gasteiger partial charge in [0.05, 0.1) is 17.6 Å². The average Bonchev–Trinajstić information content (AvgIpc) is 2.18. The first-order chi connectivity index (χ1) is 6.74. The summed E-state index contributed by atoms with van der Waals surface area (Å²) in [5.41, 5.74) is 7.49. The van der Waals surface area contributed by atoms with E-state index in [1.807, 2.05) is 12.3 Å². The molecule has 0 aliphatic rings. The molecule has 1 aromatic heterocycles. The summed E-state index contributed by atoms with van der Waals surface area (Å²) in [6.45, 7) is 3.28. The molecule has 0 radical (unpaired) electrons. The summed E-state index contributed by atoms with van der Waals surface area (Å²) in [5, 5.41) is 0. The van der Waals surface area contributed by atoms with Crippen LogP contribution in [0.1, 0.15) is 26.2 Å². The monoisotopic (exact) mass is 193 g/mol. The lowest BCUT2D eigenvalue weighted by Crippen LogP contribution is -2.18. The maximum atomic E-state index is 5.66. The highest BCUT2D eigenvalue weighted by Crippen LogP contribution is 2.14. The van der Waals surface area contributed by atoms with Crippen molar-refractivity contribution in [2.24, 2.45) is 0 Å². The Balaban J connectivity index is 2.47. The van der Waals surface area contributed by atoms with Crippen LogP contribution < -0.4 is 10.6 Å². The van der Waals surface area contributed by atoms with E-state index >= 15 is 0 Å². The molecule has 0 saturated heterocycles. The van der Waals surface area contributed by atoms with Crippen molar-refractivity contribution >= 4 is 11.4 Å². The van der Waals surface area contributed by atoms with E-state index in [-0.39, 0.29) is 0 Å². The second-order valence-corrected chi connectivity index (χ2v) is 3.61. The molecule has 1 heterocycles. The third-order valence-corrected chi connectivity index (χ3v) is 2.28. The Morgan fingerprint density at radius 3 is 2.79 bits per heavy atom. The minimum absolute atomic E-state index is 0.727. The Bertz CT molecular complexity index is 273. The van der Waals surface area contributed by atoms with Gasteiger partial charge in [0.1, 0.15) is 0 Å². The van der Waals surface area contributed by atoms with Crippen LogP contribution in [0.3, 0.4) is 0 Å². The molecule has 2 N–H and O–H groups in total. The fourth-order valence-corrected chi connectivity index (χ4v) is 1.38. The Morgan fingerprint density at radius 2 is 2.14 bits per heavy atom. The van der Waals surface area contributed by atoms with Crippen LogP contribution in [-0.4, -0.2) is 18.6 Å². The van der Waals surface area contributed by atoms with Crippen LogP contribution in [0.15, 0.2) is 18.5 Å². The van der Waals surface area contributed by atoms with Gasteiger partial charge in [-0.3, -0.25) is 4.98 Å². The van der Waals surface area contributed by atoms with Crippen molar-refractivity contribution < 1.29 is 0 Å². The van der Waals surface area contributed by atoms with Crippen LogP contribution in [0.2, 0.25) is 0 Å². The van der Waals surface area contributed by atoms with Crippen molar-refractivity contribution in [2.45, 2.75) is 26.2 Å². The molecule has 0 spiro atoms. The highest BCUT2D eigenvalue weighted by Gasteiger charge is 2.00. The number of nitrogens with zero attached hydrogens (tertiary/aromatic N) is 2. The number of aromatic nitrogens is 1. The van der Waals surface area contributed by atoms with Gasteiger partial charge in [-0.15, -0.1) is 0 Å². The fourth-order valence-electron chi connectivity index (χ4n) is 1.38. The predicted molar refractivity (Wildman–Crippen MR) is 61.4 cm³/mol. The summed E-state index contributed by atoms with van der Waals surface area (Å²) in [6.07, 6.45) is 7.27. The number of hydrogen-bond acceptors (Lipinski definition) is 3. The fraction of sp³-hybridized carbons (Fsp3) is 0.545. The molecule has 3 nitrogen and oxygen atoms in total. The second-order valence-electron chi connectivity index (χ2n) is 3.61. The van der Waals surface area contributed by atoms with E-state index in [1.165, 1.54) is 19.3 Å². The van der Waals surface area contributed by atoms with E-state index in [1.54, 1.807) is 6.20 Å². The summed E-state index contributed by atoms with van der Waals surface area (Å²) in [7, 11) is 2.08. The number of pyridine rings is 1. The number of nitrogens with two attached hydrogens (primary N) is 1. The molecule has 14 heavy (non-hydrogen) atoms. The van der Waals surface area contributed by atoms with E-state index in [4.69, 9.17) is 5.73 Å². The molecule has 0 aromatic carbocycles. The number of rotatable bonds is 5. The van der Waals surface area contributed by atoms with Gasteiger partial charge in [-0.1, -0.05) is 19.8 Å². The van der Waals surface area contributed by atoms with Crippen molar-refractivity contribution in [1.29, 1.82) is 0 Å². The van der Waals surface area contributed by atoms with Gasteiger partial charge in [-0.25, -0.2) is 0 Å². The molecule has 0 fully saturated rings. The second kappa shape index (κ2) is 5.47. The largest absolute Gasteiger partial charge is 0.397 e. The topological polar surface area (TPSA) is 42.2 Å². The highest BCUT2D eigenvalue weighted by molar-refractivity contribution is 5.52. The van der Waals surface area contributed by atoms with Crippen molar-refractivity contribution in [3.05, 3.63) is 18.5 Å². The lowest BCUT2D eigenvalue weighted by Gasteiger charge is -2.18. The Kier molecular flexibility index (Phi) is 4.23. The molecule has 0 bridgehead atoms. The van der Waals surface area contributed by atoms with Gasteiger partial charge in [0.15, 0.2) is 0 Å². The first kappa shape index (κ1) is 10.8. The summed E-state index contributed by atoms with van der Waals surface area (Å²) in [4.78, 5) is 6.26. The van der Waals surface area contributed by atoms with Gasteiger partial charge in [-0.2, -0.15) is 0 Å². The van der Waals surface area contributed by atoms with Crippen LogP contribution in [-0.2, 0) is 0 Å². The number of unbranched alkanes of at least 4 members (excludes halogenated alkanes) is 2. The smallest absolute Gasteiger partial charge is 0.0570 e. The summed E-state index contributed by atoms with van der Waals surface area (Å²) < 4.78 is 0. The third kappa shape index (κ3) is 3.24. The molecule has 0 saturated carbocycles. The number of nitrogen functional groups attached to an aromatic ring is 1. The molecular formula is C11H19N3. The SMILES string of the molecule is CCCCCN(C)c1cncc(N)c1. The van der Waals surface area contributed by atoms with Crippen LogP contribution >= 0.6 is 0 Å². The Morgan fingerprint density at radius 1 is 1.36 bits per heavy atom. The number of anilines is 2. The van der Waals surface area contributed by atoms with E-state index in [0.717, 1.165) is 17.9 Å². The third-order valence-electron chi connectivity index (χ3n) is 2.28. The molecular weight excluding hydrogens is 174 g/mol. The molecule has 0 aliphatic carbocycles. The van der Waals surface area contributed by atoms with Gasteiger partial charge in [0.25, 0.3) is 0 Å². The minimum atomic E-state index is 0.727. The van der Waals surface area contributed by atoms with Gasteiger partial charge < -0.3 is 10.6 Å². The van der Waals surface area contributed by atoms with Crippen LogP contribution in [0.25, 0.3) is 0 Å². The summed E-state index contributed by atoms with van der Waals surface area (Å²) >= 11 is 0. The van der Waals surface area contributed by atoms with Crippen molar-refractivity contribution in [3.63, 3.8) is 0 Å². The minimum Gasteiger partial charge on any atom is -0.397 e. The Labute approximate surface area is 85.9 Å². The normalized spacial score (nSPS) is 10.1. The van der Waals surface area contributed by atoms with E-state index in [9.17, 15) is 0 Å². The summed E-state index contributed by atoms with van der Waals surface area (Å²) in [5.74, 6) is 0. The van der Waals surface area contributed by atoms with Crippen LogP contribution in [0, 0.1) is 0 Å². The maximum Gasteiger partial charge on any atom is 0.0570 e. The molecule has 0 atom stereocenters. The van der Waals surface area contributed by atoms with E-state index in [2.05, 4.69) is 23.9 Å². The van der Waals surface area contributed by atoms with Gasteiger partial charge in [-0.05, 0) is 12.5 Å². The van der Waals surface area contributed by atoms with Gasteiger partial charge in [0, 0.05) is 19.8 Å². The zero-order valence-corrected chi connectivity index (χ0v) is 9.03. The quantitative estimate of drug-likeness (QED) is 0.729. The van der Waals surface area contributed by atoms with Crippen molar-refractivity contribution in [3.8, 4) is 0 Å². The maximum absolute atomic E-state index is 5.66. The zero-order chi connectivity index (χ0) is 10.4. The molecule has 1 aromatic rings. The van der Waals surface area contributed by atoms with Crippen LogP contribution in [0.5, 0.6) is 0 Å². The molecule has 1 rings (SSSR count). The van der Waals surface area contributed by atoms with E-state index in [0.29, 0.717) is 0 Å². The molecule has 78 valence electrons. The highest BCUT2D eigenvalue weighted by atomic mass is 15.1. The van der Waals surface area contributed by atoms with Gasteiger partial charge >= 0.3 is 0 Å². The number of hydrogen-bond donors (Lipinski definition) is 1. The average molecular weight is 193 g/mol. The molecule has 0 amide bonds. The molecule has 3 heteroatoms. The van der Waals surface area contributed by atoms with Crippen LogP contribution in [0.4, 0.5) is 11.4 Å². The zero-order valence-electron chi connectivity index (χ0n) is 9.03. The predicted octanol–water partition coefficient (Wildman–Crippen LogP) is 2.29.